The molecule has 1 aromatic heterocycles. The molecule has 1 fully saturated rings. The van der Waals surface area contributed by atoms with E-state index in [-0.39, 0.29) is 23.5 Å². The number of rotatable bonds is 4. The van der Waals surface area contributed by atoms with Gasteiger partial charge in [0.1, 0.15) is 5.15 Å². The summed E-state index contributed by atoms with van der Waals surface area (Å²) in [6, 6.07) is -0.242. The summed E-state index contributed by atoms with van der Waals surface area (Å²) in [5, 5.41) is 6.21. The number of aromatic nitrogens is 2. The quantitative estimate of drug-likeness (QED) is 0.644. The van der Waals surface area contributed by atoms with Crippen LogP contribution in [0, 0.1) is 6.92 Å². The number of hydrogen-bond acceptors (Lipinski definition) is 5. The van der Waals surface area contributed by atoms with Crippen molar-refractivity contribution >= 4 is 33.4 Å². The zero-order valence-electron chi connectivity index (χ0n) is 12.7. The predicted octanol–water partition coefficient (Wildman–Crippen LogP) is 0.811. The minimum atomic E-state index is -3.01. The summed E-state index contributed by atoms with van der Waals surface area (Å²) in [6.45, 7) is 1.77. The highest BCUT2D eigenvalue weighted by Gasteiger charge is 2.31. The zero-order chi connectivity index (χ0) is 16.5. The maximum atomic E-state index is 11.6. The van der Waals surface area contributed by atoms with Gasteiger partial charge < -0.3 is 0 Å². The van der Waals surface area contributed by atoms with Crippen LogP contribution in [0.5, 0.6) is 0 Å². The Bertz CT molecular complexity index is 709. The maximum Gasteiger partial charge on any atom is 0.258 e. The Kier molecular flexibility index (Phi) is 4.93. The maximum absolute atomic E-state index is 11.6. The molecule has 9 heteroatoms. The van der Waals surface area contributed by atoms with Crippen molar-refractivity contribution in [3.05, 3.63) is 22.5 Å². The van der Waals surface area contributed by atoms with Gasteiger partial charge in [0, 0.05) is 25.7 Å². The van der Waals surface area contributed by atoms with E-state index in [1.54, 1.807) is 31.8 Å². The van der Waals surface area contributed by atoms with Crippen LogP contribution in [0.4, 0.5) is 0 Å². The third kappa shape index (κ3) is 3.88. The Morgan fingerprint density at radius 1 is 1.50 bits per heavy atom. The van der Waals surface area contributed by atoms with Crippen molar-refractivity contribution < 1.29 is 13.2 Å². The average molecular weight is 347 g/mol. The van der Waals surface area contributed by atoms with E-state index in [0.717, 1.165) is 0 Å². The van der Waals surface area contributed by atoms with Crippen LogP contribution in [0.15, 0.2) is 6.08 Å². The average Bonchev–Trinajstić information content (AvgIpc) is 2.87. The van der Waals surface area contributed by atoms with Gasteiger partial charge in [-0.2, -0.15) is 5.10 Å². The standard InChI is InChI=1S/C13H19ClN4O3S/c1-9-11(4-5-12(19)16-17(2)3)13(14)18(15-9)10-6-7-22(20,21)8-10/h4-5,10H,6-8H2,1-3H3,(H,16,19)/b5-4+/t10-/m1/s1. The number of hydrogen-bond donors (Lipinski definition) is 1. The summed E-state index contributed by atoms with van der Waals surface area (Å²) in [5.41, 5.74) is 3.86. The molecule has 7 nitrogen and oxygen atoms in total. The fourth-order valence-corrected chi connectivity index (χ4v) is 4.42. The van der Waals surface area contributed by atoms with Crippen molar-refractivity contribution in [3.63, 3.8) is 0 Å². The minimum absolute atomic E-state index is 0.0537. The molecule has 0 spiro atoms. The molecule has 1 amide bonds. The van der Waals surface area contributed by atoms with Crippen molar-refractivity contribution in [2.45, 2.75) is 19.4 Å². The number of amides is 1. The van der Waals surface area contributed by atoms with Crippen molar-refractivity contribution in [1.29, 1.82) is 0 Å². The van der Waals surface area contributed by atoms with Crippen LogP contribution in [0.25, 0.3) is 6.08 Å². The third-order valence-corrected chi connectivity index (χ3v) is 5.49. The van der Waals surface area contributed by atoms with Crippen LogP contribution in [-0.2, 0) is 14.6 Å². The van der Waals surface area contributed by atoms with Crippen LogP contribution in [-0.4, -0.2) is 54.7 Å². The minimum Gasteiger partial charge on any atom is -0.286 e. The molecule has 1 aliphatic rings. The Hall–Kier alpha value is -1.38. The largest absolute Gasteiger partial charge is 0.286 e. The third-order valence-electron chi connectivity index (χ3n) is 3.36. The van der Waals surface area contributed by atoms with Gasteiger partial charge in [-0.15, -0.1) is 0 Å². The highest BCUT2D eigenvalue weighted by molar-refractivity contribution is 7.91. The van der Waals surface area contributed by atoms with Crippen LogP contribution >= 0.6 is 11.6 Å². The van der Waals surface area contributed by atoms with Crippen molar-refractivity contribution in [3.8, 4) is 0 Å². The lowest BCUT2D eigenvalue weighted by atomic mass is 10.2. The molecule has 1 aliphatic heterocycles. The van der Waals surface area contributed by atoms with Gasteiger partial charge in [-0.05, 0) is 19.4 Å². The summed E-state index contributed by atoms with van der Waals surface area (Å²) in [5.74, 6) is -0.0711. The molecule has 0 saturated carbocycles. The van der Waals surface area contributed by atoms with Crippen molar-refractivity contribution in [2.75, 3.05) is 25.6 Å². The molecular formula is C13H19ClN4O3S. The highest BCUT2D eigenvalue weighted by Crippen LogP contribution is 2.30. The van der Waals surface area contributed by atoms with E-state index < -0.39 is 9.84 Å². The molecule has 1 saturated heterocycles. The predicted molar refractivity (Wildman–Crippen MR) is 85.1 cm³/mol. The summed E-state index contributed by atoms with van der Waals surface area (Å²) in [7, 11) is 0.411. The number of carbonyl (C=O) groups is 1. The lowest BCUT2D eigenvalue weighted by Gasteiger charge is -2.09. The van der Waals surface area contributed by atoms with Crippen LogP contribution in [0.2, 0.25) is 5.15 Å². The van der Waals surface area contributed by atoms with E-state index in [1.165, 1.54) is 11.1 Å². The monoisotopic (exact) mass is 346 g/mol. The molecule has 0 radical (unpaired) electrons. The first kappa shape index (κ1) is 17.0. The fourth-order valence-electron chi connectivity index (χ4n) is 2.35. The van der Waals surface area contributed by atoms with Gasteiger partial charge in [0.05, 0.1) is 23.2 Å². The molecule has 0 aromatic carbocycles. The smallest absolute Gasteiger partial charge is 0.258 e. The van der Waals surface area contributed by atoms with Gasteiger partial charge in [-0.1, -0.05) is 11.6 Å². The zero-order valence-corrected chi connectivity index (χ0v) is 14.3. The number of hydrazine groups is 1. The van der Waals surface area contributed by atoms with E-state index in [0.29, 0.717) is 22.8 Å². The van der Waals surface area contributed by atoms with Crippen molar-refractivity contribution in [2.24, 2.45) is 0 Å². The number of nitrogens with one attached hydrogen (secondary N) is 1. The topological polar surface area (TPSA) is 84.3 Å². The Labute approximate surface area is 134 Å². The number of nitrogens with zero attached hydrogens (tertiary/aromatic N) is 3. The Balaban J connectivity index is 2.21. The molecule has 0 bridgehead atoms. The summed E-state index contributed by atoms with van der Waals surface area (Å²) in [4.78, 5) is 11.6. The second-order valence-corrected chi connectivity index (χ2v) is 8.08. The second kappa shape index (κ2) is 6.39. The highest BCUT2D eigenvalue weighted by atomic mass is 35.5. The van der Waals surface area contributed by atoms with E-state index in [9.17, 15) is 13.2 Å². The normalized spacial score (nSPS) is 20.9. The van der Waals surface area contributed by atoms with Crippen LogP contribution in [0.1, 0.15) is 23.7 Å². The number of sulfone groups is 1. The summed E-state index contributed by atoms with van der Waals surface area (Å²) in [6.07, 6.45) is 3.46. The molecule has 1 N–H and O–H groups in total. The van der Waals surface area contributed by atoms with Crippen molar-refractivity contribution in [1.82, 2.24) is 20.2 Å². The van der Waals surface area contributed by atoms with Gasteiger partial charge in [-0.25, -0.2) is 18.1 Å². The summed E-state index contributed by atoms with van der Waals surface area (Å²) < 4.78 is 24.7. The van der Waals surface area contributed by atoms with E-state index in [1.807, 2.05) is 0 Å². The first-order chi connectivity index (χ1) is 10.2. The molecule has 0 aliphatic carbocycles. The van der Waals surface area contributed by atoms with Gasteiger partial charge in [0.15, 0.2) is 9.84 Å². The lowest BCUT2D eigenvalue weighted by molar-refractivity contribution is -0.119. The van der Waals surface area contributed by atoms with Gasteiger partial charge in [0.25, 0.3) is 5.91 Å². The molecule has 2 rings (SSSR count). The molecule has 1 aromatic rings. The lowest BCUT2D eigenvalue weighted by Crippen LogP contribution is -2.34. The number of halogens is 1. The van der Waals surface area contributed by atoms with E-state index in [2.05, 4.69) is 10.5 Å². The van der Waals surface area contributed by atoms with E-state index in [4.69, 9.17) is 11.6 Å². The molecule has 2 heterocycles. The molecule has 122 valence electrons. The van der Waals surface area contributed by atoms with Gasteiger partial charge in [0.2, 0.25) is 0 Å². The molecule has 0 unspecified atom stereocenters. The first-order valence-corrected chi connectivity index (χ1v) is 9.00. The number of aryl methyl sites for hydroxylation is 1. The number of carbonyl (C=O) groups excluding carboxylic acids is 1. The van der Waals surface area contributed by atoms with Crippen LogP contribution < -0.4 is 5.43 Å². The fraction of sp³-hybridized carbons (Fsp3) is 0.538. The SMILES string of the molecule is Cc1nn([C@@H]2CCS(=O)(=O)C2)c(Cl)c1/C=C/C(=O)NN(C)C. The first-order valence-electron chi connectivity index (χ1n) is 6.80. The van der Waals surface area contributed by atoms with Crippen LogP contribution in [0.3, 0.4) is 0 Å². The molecular weight excluding hydrogens is 328 g/mol. The van der Waals surface area contributed by atoms with Gasteiger partial charge in [-0.3, -0.25) is 10.2 Å². The molecule has 22 heavy (non-hydrogen) atoms. The second-order valence-electron chi connectivity index (χ2n) is 5.50. The molecule has 1 atom stereocenters. The van der Waals surface area contributed by atoms with E-state index >= 15 is 0 Å². The summed E-state index contributed by atoms with van der Waals surface area (Å²) >= 11 is 6.30. The van der Waals surface area contributed by atoms with Gasteiger partial charge >= 0.3 is 0 Å². The Morgan fingerprint density at radius 3 is 2.73 bits per heavy atom. The Morgan fingerprint density at radius 2 is 2.18 bits per heavy atom.